The second-order valence-corrected chi connectivity index (χ2v) is 1.37. The van der Waals surface area contributed by atoms with Gasteiger partial charge in [0.15, 0.2) is 0 Å². The Balaban J connectivity index is 3.49. The largest absolute Gasteiger partial charge is 0.249 e. The molecule has 0 aromatic carbocycles. The molecule has 0 aromatic heterocycles. The van der Waals surface area contributed by atoms with Crippen LogP contribution in [0.5, 0.6) is 0 Å². The smallest absolute Gasteiger partial charge is 0.119 e. The SMILES string of the molecule is CCC=C(C)N=[C:1]. The third-order valence-corrected chi connectivity index (χ3v) is 0.676. The van der Waals surface area contributed by atoms with Crippen LogP contribution in [0.1, 0.15) is 20.3 Å². The molecule has 0 amide bonds. The molecule has 1 nitrogen and oxygen atoms in total. The third-order valence-electron chi connectivity index (χ3n) is 0.676. The Morgan fingerprint density at radius 1 is 1.86 bits per heavy atom. The first-order valence-electron chi connectivity index (χ1n) is 2.35. The Bertz CT molecular complexity index is 82.2. The van der Waals surface area contributed by atoms with E-state index < -0.39 is 0 Å². The zero-order chi connectivity index (χ0) is 5.70. The maximum absolute atomic E-state index is 6.47. The summed E-state index contributed by atoms with van der Waals surface area (Å²) in [6.45, 7) is 10.3. The number of hydrogen-bond acceptors (Lipinski definition) is 1. The van der Waals surface area contributed by atoms with Gasteiger partial charge in [-0.15, -0.1) is 0 Å². The summed E-state index contributed by atoms with van der Waals surface area (Å²) in [4.78, 5) is 3.19. The minimum absolute atomic E-state index is 0.794. The van der Waals surface area contributed by atoms with Gasteiger partial charge in [-0.2, -0.15) is 0 Å². The van der Waals surface area contributed by atoms with E-state index in [1.165, 1.54) is 0 Å². The van der Waals surface area contributed by atoms with Gasteiger partial charge in [-0.05, 0) is 13.3 Å². The van der Waals surface area contributed by atoms with Crippen LogP contribution in [0.4, 0.5) is 0 Å². The third kappa shape index (κ3) is 3.23. The summed E-state index contributed by atoms with van der Waals surface area (Å²) in [5, 5.41) is 0. The van der Waals surface area contributed by atoms with Crippen LogP contribution in [0, 0.1) is 0 Å². The number of hydrogen-bond donors (Lipinski definition) is 0. The van der Waals surface area contributed by atoms with Gasteiger partial charge in [0.25, 0.3) is 0 Å². The van der Waals surface area contributed by atoms with Gasteiger partial charge in [-0.25, -0.2) is 4.99 Å². The molecule has 0 atom stereocenters. The van der Waals surface area contributed by atoms with E-state index in [1.807, 2.05) is 19.9 Å². The molecule has 0 unspecified atom stereocenters. The molecule has 2 radical (unpaired) electrons. The summed E-state index contributed by atoms with van der Waals surface area (Å²) >= 11 is 0. The second kappa shape index (κ2) is 3.59. The van der Waals surface area contributed by atoms with E-state index in [1.54, 1.807) is 0 Å². The van der Waals surface area contributed by atoms with Crippen molar-refractivity contribution in [3.05, 3.63) is 11.8 Å². The predicted octanol–water partition coefficient (Wildman–Crippen LogP) is 1.75. The Kier molecular flexibility index (Phi) is 3.29. The van der Waals surface area contributed by atoms with Gasteiger partial charge in [0, 0.05) is 5.70 Å². The van der Waals surface area contributed by atoms with Crippen LogP contribution < -0.4 is 0 Å². The van der Waals surface area contributed by atoms with Crippen molar-refractivity contribution in [2.45, 2.75) is 20.3 Å². The topological polar surface area (TPSA) is 12.4 Å². The van der Waals surface area contributed by atoms with Gasteiger partial charge in [-0.3, -0.25) is 0 Å². The molecule has 0 spiro atoms. The highest BCUT2D eigenvalue weighted by molar-refractivity contribution is 5.28. The second-order valence-electron chi connectivity index (χ2n) is 1.37. The van der Waals surface area contributed by atoms with Crippen molar-refractivity contribution in [1.82, 2.24) is 0 Å². The van der Waals surface area contributed by atoms with Gasteiger partial charge in [0.2, 0.25) is 0 Å². The van der Waals surface area contributed by atoms with E-state index in [2.05, 4.69) is 4.99 Å². The Hall–Kier alpha value is -0.590. The molecular weight excluding hydrogens is 86.1 g/mol. The summed E-state index contributed by atoms with van der Waals surface area (Å²) in [7, 11) is 0. The molecule has 0 saturated heterocycles. The van der Waals surface area contributed by atoms with Crippen LogP contribution in [0.15, 0.2) is 16.8 Å². The van der Waals surface area contributed by atoms with Gasteiger partial charge < -0.3 is 0 Å². The lowest BCUT2D eigenvalue weighted by Crippen LogP contribution is -1.63. The van der Waals surface area contributed by atoms with Crippen molar-refractivity contribution >= 4 is 6.72 Å². The molecule has 0 aliphatic heterocycles. The summed E-state index contributed by atoms with van der Waals surface area (Å²) in [5.74, 6) is 0. The highest BCUT2D eigenvalue weighted by Crippen LogP contribution is 1.92. The maximum atomic E-state index is 6.47. The number of allylic oxidation sites excluding steroid dienone is 2. The van der Waals surface area contributed by atoms with E-state index in [-0.39, 0.29) is 0 Å². The Labute approximate surface area is 44.8 Å². The van der Waals surface area contributed by atoms with E-state index in [4.69, 9.17) is 6.72 Å². The maximum Gasteiger partial charge on any atom is 0.119 e. The molecule has 0 N–H and O–H groups in total. The molecule has 0 aliphatic carbocycles. The molecule has 1 heteroatoms. The molecule has 7 heavy (non-hydrogen) atoms. The first-order chi connectivity index (χ1) is 3.31. The van der Waals surface area contributed by atoms with Crippen molar-refractivity contribution in [2.75, 3.05) is 0 Å². The average molecular weight is 95.1 g/mol. The summed E-state index contributed by atoms with van der Waals surface area (Å²) in [5.41, 5.74) is 0.794. The molecule has 0 aromatic rings. The number of nitrogens with zero attached hydrogens (tertiary/aromatic N) is 1. The van der Waals surface area contributed by atoms with Crippen LogP contribution in [-0.4, -0.2) is 6.72 Å². The number of rotatable bonds is 2. The first-order valence-corrected chi connectivity index (χ1v) is 2.35. The monoisotopic (exact) mass is 95.1 g/mol. The quantitative estimate of drug-likeness (QED) is 0.463. The van der Waals surface area contributed by atoms with Crippen molar-refractivity contribution in [3.63, 3.8) is 0 Å². The normalized spacial score (nSPS) is 11.4. The van der Waals surface area contributed by atoms with E-state index in [0.29, 0.717) is 0 Å². The van der Waals surface area contributed by atoms with Crippen LogP contribution in [0.3, 0.4) is 0 Å². The van der Waals surface area contributed by atoms with Gasteiger partial charge >= 0.3 is 0 Å². The summed E-state index contributed by atoms with van der Waals surface area (Å²) in [6.07, 6.45) is 2.88. The highest BCUT2D eigenvalue weighted by Gasteiger charge is 1.73. The number of aliphatic imine (C=N–C) groups is 1. The molecule has 38 valence electrons. The van der Waals surface area contributed by atoms with Gasteiger partial charge in [-0.1, -0.05) is 13.0 Å². The van der Waals surface area contributed by atoms with E-state index in [9.17, 15) is 0 Å². The molecule has 0 heterocycles. The first kappa shape index (κ1) is 6.41. The Morgan fingerprint density at radius 3 is 2.57 bits per heavy atom. The zero-order valence-corrected chi connectivity index (χ0v) is 4.73. The molecule has 0 bridgehead atoms. The van der Waals surface area contributed by atoms with Gasteiger partial charge in [0.05, 0.1) is 0 Å². The van der Waals surface area contributed by atoms with Crippen LogP contribution in [-0.2, 0) is 0 Å². The van der Waals surface area contributed by atoms with Crippen LogP contribution in [0.25, 0.3) is 0 Å². The average Bonchev–Trinajstić information content (AvgIpc) is 1.68. The van der Waals surface area contributed by atoms with Crippen molar-refractivity contribution in [3.8, 4) is 0 Å². The van der Waals surface area contributed by atoms with Crippen molar-refractivity contribution in [1.29, 1.82) is 0 Å². The van der Waals surface area contributed by atoms with E-state index in [0.717, 1.165) is 12.1 Å². The Morgan fingerprint density at radius 2 is 2.43 bits per heavy atom. The molecule has 0 saturated carbocycles. The standard InChI is InChI=1S/C6H9N/c1-4-5-6(2)7-3/h5H,4H2,1-2H3. The lowest BCUT2D eigenvalue weighted by Gasteiger charge is -1.82. The molecule has 0 aliphatic rings. The van der Waals surface area contributed by atoms with E-state index >= 15 is 0 Å². The van der Waals surface area contributed by atoms with Gasteiger partial charge in [0.1, 0.15) is 6.72 Å². The van der Waals surface area contributed by atoms with Crippen molar-refractivity contribution < 1.29 is 0 Å². The lowest BCUT2D eigenvalue weighted by molar-refractivity contribution is 1.16. The minimum atomic E-state index is 0.794. The fourth-order valence-corrected chi connectivity index (χ4v) is 0.341. The van der Waals surface area contributed by atoms with Crippen LogP contribution >= 0.6 is 0 Å². The predicted molar refractivity (Wildman–Crippen MR) is 31.5 cm³/mol. The highest BCUT2D eigenvalue weighted by atomic mass is 14.7. The fourth-order valence-electron chi connectivity index (χ4n) is 0.341. The zero-order valence-electron chi connectivity index (χ0n) is 4.73. The van der Waals surface area contributed by atoms with Crippen molar-refractivity contribution in [2.24, 2.45) is 4.99 Å². The summed E-state index contributed by atoms with van der Waals surface area (Å²) in [6, 6.07) is 0. The fraction of sp³-hybridized carbons (Fsp3) is 0.500. The molecular formula is C6H9N. The summed E-state index contributed by atoms with van der Waals surface area (Å²) < 4.78 is 0. The lowest BCUT2D eigenvalue weighted by atomic mass is 10.4. The molecule has 0 fully saturated rings. The molecule has 0 rings (SSSR count). The van der Waals surface area contributed by atoms with Crippen LogP contribution in [0.2, 0.25) is 0 Å². The minimum Gasteiger partial charge on any atom is -0.249 e.